The van der Waals surface area contributed by atoms with Gasteiger partial charge in [-0.3, -0.25) is 0 Å². The number of likely N-dealkylation sites (N-methyl/N-ethyl adjacent to an activating group) is 1. The van der Waals surface area contributed by atoms with E-state index in [0.29, 0.717) is 24.3 Å². The van der Waals surface area contributed by atoms with Gasteiger partial charge in [0, 0.05) is 38.2 Å². The first-order chi connectivity index (χ1) is 27.2. The summed E-state index contributed by atoms with van der Waals surface area (Å²) in [5, 5.41) is 24.6. The van der Waals surface area contributed by atoms with Crippen molar-refractivity contribution in [3.05, 3.63) is 113 Å². The number of unbranched alkanes of at least 4 members (excludes halogenated alkanes) is 2. The van der Waals surface area contributed by atoms with Crippen molar-refractivity contribution in [1.82, 2.24) is 4.90 Å². The van der Waals surface area contributed by atoms with Crippen LogP contribution in [0.4, 0.5) is 4.79 Å². The Labute approximate surface area is 331 Å². The van der Waals surface area contributed by atoms with Gasteiger partial charge in [0.05, 0.1) is 24.8 Å². The number of rotatable bonds is 18. The molecule has 6 rings (SSSR count). The predicted octanol–water partition coefficient (Wildman–Crippen LogP) is 9.02. The lowest BCUT2D eigenvalue weighted by molar-refractivity contribution is -0.253. The number of fused-ring (bicyclic) bond motifs is 2. The molecular weight excluding hydrogens is 709 g/mol. The second-order valence-corrected chi connectivity index (χ2v) is 15.2. The zero-order chi connectivity index (χ0) is 39.7. The number of aliphatic hydroxyl groups excluding tert-OH is 2. The van der Waals surface area contributed by atoms with E-state index in [4.69, 9.17) is 28.9 Å². The summed E-state index contributed by atoms with van der Waals surface area (Å²) in [5.74, 6) is 0.372. The van der Waals surface area contributed by atoms with Crippen LogP contribution in [0.15, 0.2) is 96.2 Å². The van der Waals surface area contributed by atoms with Gasteiger partial charge in [0.1, 0.15) is 29.9 Å². The van der Waals surface area contributed by atoms with E-state index in [2.05, 4.69) is 38.6 Å². The van der Waals surface area contributed by atoms with E-state index in [9.17, 15) is 15.0 Å². The molecule has 0 radical (unpaired) electrons. The number of aryl methyl sites for hydroxylation is 2. The summed E-state index contributed by atoms with van der Waals surface area (Å²) in [6, 6.07) is 21.3. The highest BCUT2D eigenvalue weighted by atomic mass is 16.7. The van der Waals surface area contributed by atoms with Crippen molar-refractivity contribution >= 4 is 11.8 Å². The summed E-state index contributed by atoms with van der Waals surface area (Å²) in [4.78, 5) is 21.4. The lowest BCUT2D eigenvalue weighted by Crippen LogP contribution is -2.69. The summed E-state index contributed by atoms with van der Waals surface area (Å²) in [5.41, 5.74) is 6.01. The third kappa shape index (κ3) is 8.83. The van der Waals surface area contributed by atoms with Gasteiger partial charge in [0.15, 0.2) is 0 Å². The number of allylic oxidation sites excluding steroid dienone is 1. The molecule has 56 heavy (non-hydrogen) atoms. The largest absolute Gasteiger partial charge is 0.459 e. The van der Waals surface area contributed by atoms with Crippen LogP contribution in [-0.2, 0) is 20.9 Å². The van der Waals surface area contributed by atoms with Crippen molar-refractivity contribution < 1.29 is 38.8 Å². The van der Waals surface area contributed by atoms with E-state index in [1.54, 1.807) is 24.9 Å². The zero-order valence-corrected chi connectivity index (χ0v) is 33.3. The average molecular weight is 767 g/mol. The molecule has 6 atom stereocenters. The minimum Gasteiger partial charge on any atom is -0.459 e. The summed E-state index contributed by atoms with van der Waals surface area (Å²) < 4.78 is 26.2. The number of carbonyl (C=O) groups is 1. The summed E-state index contributed by atoms with van der Waals surface area (Å²) >= 11 is 0. The molecule has 0 saturated heterocycles. The van der Waals surface area contributed by atoms with Crippen molar-refractivity contribution in [2.75, 3.05) is 33.5 Å². The quantitative estimate of drug-likeness (QED) is 0.0748. The molecule has 3 aromatic carbocycles. The van der Waals surface area contributed by atoms with Gasteiger partial charge in [-0.1, -0.05) is 66.5 Å². The van der Waals surface area contributed by atoms with Crippen molar-refractivity contribution in [2.24, 2.45) is 22.9 Å². The maximum atomic E-state index is 13.7. The molecule has 0 aromatic heterocycles. The van der Waals surface area contributed by atoms with Crippen LogP contribution in [0.2, 0.25) is 0 Å². The fourth-order valence-electron chi connectivity index (χ4n) is 8.82. The molecular formula is C46H58N2O8. The van der Waals surface area contributed by atoms with E-state index < -0.39 is 23.8 Å². The van der Waals surface area contributed by atoms with E-state index >= 15 is 0 Å². The number of ether oxygens (including phenoxy) is 4. The number of amides is 1. The second-order valence-electron chi connectivity index (χ2n) is 15.2. The third-order valence-corrected chi connectivity index (χ3v) is 11.6. The third-order valence-electron chi connectivity index (χ3n) is 11.6. The van der Waals surface area contributed by atoms with Crippen LogP contribution in [0.25, 0.3) is 0 Å². The van der Waals surface area contributed by atoms with Crippen LogP contribution in [0.3, 0.4) is 0 Å². The summed E-state index contributed by atoms with van der Waals surface area (Å²) in [6.45, 7) is 10.8. The molecule has 1 saturated carbocycles. The Hall–Kier alpha value is -4.64. The fraction of sp³-hybridized carbons (Fsp3) is 0.478. The first-order valence-corrected chi connectivity index (χ1v) is 20.1. The standard InChI is InChI=1S/C46H58N2O8/c1-6-25-53-46-42(48(5)45(51)52-7-2)29-40(47-54-30-33-15-9-8-10-16-33)38-27-34(17-11-13-23-49)37(18-12-14-24-50)43(44(38)46)39-28-36(21-22-41(39)56-46)55-35-20-19-31(3)32(4)26-35/h6,8-10,15-16,19-22,26-28,34,37,42-44,49-50H,1,7,11-14,17-18,23-25,29-30H2,2-5H3/t34-,37+,42-,43+,44+,46+/m0/s1. The topological polar surface area (TPSA) is 119 Å². The highest BCUT2D eigenvalue weighted by Gasteiger charge is 2.65. The minimum atomic E-state index is -1.35. The number of hydrogen-bond acceptors (Lipinski definition) is 9. The molecule has 10 heteroatoms. The van der Waals surface area contributed by atoms with Gasteiger partial charge < -0.3 is 38.9 Å². The SMILES string of the molecule is C=CCO[C@@]12Oc3ccc(Oc4ccc(C)c(C)c4)cc3[C@H]3[C@H](CCCCO)[C@@H](CCCCO)C=C(C(=NOCc4ccccc4)C[C@@H]1N(C)C(=O)OCC)[C@H]32. The summed E-state index contributed by atoms with van der Waals surface area (Å²) in [6.07, 6.45) is 8.59. The van der Waals surface area contributed by atoms with Gasteiger partial charge in [-0.15, -0.1) is 6.58 Å². The van der Waals surface area contributed by atoms with E-state index in [-0.39, 0.29) is 57.2 Å². The molecule has 1 heterocycles. The Morgan fingerprint density at radius 1 is 0.982 bits per heavy atom. The Morgan fingerprint density at radius 2 is 1.71 bits per heavy atom. The van der Waals surface area contributed by atoms with Crippen molar-refractivity contribution in [2.45, 2.75) is 90.1 Å². The fourth-order valence-corrected chi connectivity index (χ4v) is 8.82. The molecule has 1 amide bonds. The normalized spacial score (nSPS) is 24.3. The van der Waals surface area contributed by atoms with Gasteiger partial charge in [-0.25, -0.2) is 4.79 Å². The smallest absolute Gasteiger partial charge is 0.409 e. The van der Waals surface area contributed by atoms with Crippen LogP contribution in [-0.4, -0.2) is 72.2 Å². The van der Waals surface area contributed by atoms with Crippen LogP contribution in [0, 0.1) is 31.6 Å². The Balaban J connectivity index is 1.55. The molecule has 3 aliphatic rings. The first kappa shape index (κ1) is 41.0. The highest BCUT2D eigenvalue weighted by Crippen LogP contribution is 2.62. The van der Waals surface area contributed by atoms with Crippen LogP contribution >= 0.6 is 0 Å². The van der Waals surface area contributed by atoms with Gasteiger partial charge >= 0.3 is 6.09 Å². The Kier molecular flexibility index (Phi) is 13.9. The lowest BCUT2D eigenvalue weighted by Gasteiger charge is -2.59. The number of oxime groups is 1. The molecule has 0 unspecified atom stereocenters. The van der Waals surface area contributed by atoms with Crippen molar-refractivity contribution in [3.63, 3.8) is 0 Å². The maximum Gasteiger partial charge on any atom is 0.409 e. The monoisotopic (exact) mass is 766 g/mol. The van der Waals surface area contributed by atoms with Crippen LogP contribution in [0.1, 0.15) is 80.0 Å². The Bertz CT molecular complexity index is 1860. The number of carbonyl (C=O) groups excluding carboxylic acids is 1. The number of nitrogens with zero attached hydrogens (tertiary/aromatic N) is 2. The molecule has 1 aliphatic heterocycles. The van der Waals surface area contributed by atoms with Gasteiger partial charge in [-0.2, -0.15) is 0 Å². The molecule has 10 nitrogen and oxygen atoms in total. The number of benzene rings is 3. The lowest BCUT2D eigenvalue weighted by atomic mass is 9.55. The Morgan fingerprint density at radius 3 is 2.43 bits per heavy atom. The molecule has 300 valence electrons. The zero-order valence-electron chi connectivity index (χ0n) is 33.3. The number of hydrogen-bond donors (Lipinski definition) is 2. The molecule has 3 aromatic rings. The van der Waals surface area contributed by atoms with Crippen LogP contribution in [0.5, 0.6) is 17.2 Å². The molecule has 0 bridgehead atoms. The molecule has 2 aliphatic carbocycles. The van der Waals surface area contributed by atoms with Crippen molar-refractivity contribution in [3.8, 4) is 17.2 Å². The molecule has 0 spiro atoms. The van der Waals surface area contributed by atoms with E-state index in [0.717, 1.165) is 59.4 Å². The highest BCUT2D eigenvalue weighted by molar-refractivity contribution is 6.02. The van der Waals surface area contributed by atoms with E-state index in [1.165, 1.54) is 5.56 Å². The number of aliphatic hydroxyl groups is 2. The second kappa shape index (κ2) is 19.0. The van der Waals surface area contributed by atoms with Gasteiger partial charge in [0.2, 0.25) is 5.79 Å². The molecule has 2 N–H and O–H groups in total. The first-order valence-electron chi connectivity index (χ1n) is 20.1. The molecule has 1 fully saturated rings. The maximum absolute atomic E-state index is 13.7. The summed E-state index contributed by atoms with van der Waals surface area (Å²) in [7, 11) is 1.73. The van der Waals surface area contributed by atoms with Gasteiger partial charge in [-0.05, 0) is 111 Å². The van der Waals surface area contributed by atoms with Gasteiger partial charge in [0.25, 0.3) is 0 Å². The predicted molar refractivity (Wildman–Crippen MR) is 217 cm³/mol. The van der Waals surface area contributed by atoms with Crippen LogP contribution < -0.4 is 9.47 Å². The van der Waals surface area contributed by atoms with Crippen molar-refractivity contribution in [1.29, 1.82) is 0 Å². The average Bonchev–Trinajstić information content (AvgIpc) is 3.20. The minimum absolute atomic E-state index is 0.0957. The van der Waals surface area contributed by atoms with E-state index in [1.807, 2.05) is 54.6 Å².